The molecule has 0 aromatic heterocycles. The highest BCUT2D eigenvalue weighted by molar-refractivity contribution is 7.45. The zero-order valence-electron chi connectivity index (χ0n) is 8.15. The van der Waals surface area contributed by atoms with Gasteiger partial charge in [-0.1, -0.05) is 26.2 Å². The predicted molar refractivity (Wildman–Crippen MR) is 61.4 cm³/mol. The van der Waals surface area contributed by atoms with Crippen LogP contribution in [0, 0.1) is 11.3 Å². The predicted octanol–water partition coefficient (Wildman–Crippen LogP) is 4.40. The first-order chi connectivity index (χ1) is 6.12. The molecule has 4 heteroatoms. The van der Waals surface area contributed by atoms with Crippen molar-refractivity contribution in [2.75, 3.05) is 0 Å². The smallest absolute Gasteiger partial charge is 0.198 e. The summed E-state index contributed by atoms with van der Waals surface area (Å²) in [5.74, 6) is 0. The summed E-state index contributed by atoms with van der Waals surface area (Å²) in [5.41, 5.74) is 0. The molecule has 0 spiro atoms. The summed E-state index contributed by atoms with van der Waals surface area (Å²) in [7, 11) is 0. The van der Waals surface area contributed by atoms with Crippen LogP contribution in [0.2, 0.25) is 12.1 Å². The van der Waals surface area contributed by atoms with Crippen molar-refractivity contribution < 1.29 is 0 Å². The molecule has 0 aliphatic heterocycles. The molecular formula is C9H17Cl2NSi. The minimum atomic E-state index is -1.87. The maximum atomic E-state index is 8.30. The zero-order chi connectivity index (χ0) is 10.2. The summed E-state index contributed by atoms with van der Waals surface area (Å²) < 4.78 is 0. The molecule has 0 heterocycles. The van der Waals surface area contributed by atoms with E-state index in [-0.39, 0.29) is 0 Å². The molecule has 13 heavy (non-hydrogen) atoms. The summed E-state index contributed by atoms with van der Waals surface area (Å²) in [6.45, 7) is 0.191. The van der Waals surface area contributed by atoms with Gasteiger partial charge in [-0.25, -0.2) is 0 Å². The minimum absolute atomic E-state index is 0.679. The number of hydrogen-bond acceptors (Lipinski definition) is 1. The van der Waals surface area contributed by atoms with Crippen LogP contribution in [0.4, 0.5) is 0 Å². The van der Waals surface area contributed by atoms with E-state index in [0.717, 1.165) is 37.8 Å². The van der Waals surface area contributed by atoms with E-state index in [1.165, 1.54) is 0 Å². The van der Waals surface area contributed by atoms with E-state index < -0.39 is 6.69 Å². The van der Waals surface area contributed by atoms with Gasteiger partial charge >= 0.3 is 0 Å². The largest absolute Gasteiger partial charge is 0.251 e. The van der Waals surface area contributed by atoms with Crippen LogP contribution in [0.3, 0.4) is 0 Å². The minimum Gasteiger partial charge on any atom is -0.198 e. The SMILES string of the molecule is CC[Si](Cl)(Cl)CCCCCCC#N. The van der Waals surface area contributed by atoms with Crippen LogP contribution < -0.4 is 0 Å². The zero-order valence-corrected chi connectivity index (χ0v) is 10.7. The lowest BCUT2D eigenvalue weighted by Gasteiger charge is -2.12. The number of rotatable bonds is 7. The summed E-state index contributed by atoms with van der Waals surface area (Å²) in [6.07, 6.45) is 5.11. The molecule has 0 unspecified atom stereocenters. The Morgan fingerprint density at radius 1 is 1.15 bits per heavy atom. The number of nitrogens with zero attached hydrogens (tertiary/aromatic N) is 1. The first-order valence-electron chi connectivity index (χ1n) is 4.87. The van der Waals surface area contributed by atoms with Crippen molar-refractivity contribution in [1.82, 2.24) is 0 Å². The molecule has 0 fully saturated rings. The van der Waals surface area contributed by atoms with Gasteiger partial charge in [-0.05, 0) is 18.5 Å². The van der Waals surface area contributed by atoms with Crippen LogP contribution >= 0.6 is 22.2 Å². The van der Waals surface area contributed by atoms with Gasteiger partial charge in [0.1, 0.15) is 0 Å². The average Bonchev–Trinajstić information content (AvgIpc) is 2.11. The Kier molecular flexibility index (Phi) is 7.84. The van der Waals surface area contributed by atoms with E-state index >= 15 is 0 Å². The lowest BCUT2D eigenvalue weighted by molar-refractivity contribution is 0.675. The molecule has 0 N–H and O–H groups in total. The molecule has 0 aromatic carbocycles. The topological polar surface area (TPSA) is 23.8 Å². The number of hydrogen-bond donors (Lipinski definition) is 0. The Morgan fingerprint density at radius 3 is 2.31 bits per heavy atom. The molecule has 0 saturated carbocycles. The second kappa shape index (κ2) is 7.67. The van der Waals surface area contributed by atoms with Gasteiger partial charge in [0.2, 0.25) is 0 Å². The van der Waals surface area contributed by atoms with E-state index in [9.17, 15) is 0 Å². The fraction of sp³-hybridized carbons (Fsp3) is 0.889. The Morgan fingerprint density at radius 2 is 1.77 bits per heavy atom. The standard InChI is InChI=1S/C9H17Cl2NSi/c1-2-13(10,11)9-7-5-3-4-6-8-12/h2-7,9H2,1H3. The summed E-state index contributed by atoms with van der Waals surface area (Å²) in [6, 6.07) is 4.08. The van der Waals surface area contributed by atoms with Crippen LogP contribution in [-0.4, -0.2) is 6.69 Å². The molecule has 0 aliphatic carbocycles. The van der Waals surface area contributed by atoms with Crippen molar-refractivity contribution in [3.05, 3.63) is 0 Å². The summed E-state index contributed by atoms with van der Waals surface area (Å²) in [5, 5.41) is 8.30. The molecule has 0 radical (unpaired) electrons. The molecule has 0 aliphatic rings. The fourth-order valence-electron chi connectivity index (χ4n) is 1.12. The van der Waals surface area contributed by atoms with Gasteiger partial charge in [-0.3, -0.25) is 0 Å². The van der Waals surface area contributed by atoms with Crippen molar-refractivity contribution in [1.29, 1.82) is 5.26 Å². The van der Waals surface area contributed by atoms with Crippen molar-refractivity contribution in [2.24, 2.45) is 0 Å². The first kappa shape index (κ1) is 13.3. The van der Waals surface area contributed by atoms with E-state index in [0.29, 0.717) is 6.42 Å². The van der Waals surface area contributed by atoms with Crippen molar-refractivity contribution in [3.63, 3.8) is 0 Å². The van der Waals surface area contributed by atoms with E-state index in [1.54, 1.807) is 0 Å². The van der Waals surface area contributed by atoms with Gasteiger partial charge in [0.25, 0.3) is 6.69 Å². The maximum Gasteiger partial charge on any atom is 0.251 e. The van der Waals surface area contributed by atoms with Crippen LogP contribution in [0.1, 0.15) is 39.0 Å². The number of nitriles is 1. The van der Waals surface area contributed by atoms with Crippen LogP contribution in [-0.2, 0) is 0 Å². The molecule has 0 bridgehead atoms. The Labute approximate surface area is 91.4 Å². The molecule has 0 atom stereocenters. The van der Waals surface area contributed by atoms with Crippen LogP contribution in [0.25, 0.3) is 0 Å². The molecule has 0 rings (SSSR count). The van der Waals surface area contributed by atoms with Gasteiger partial charge in [-0.2, -0.15) is 5.26 Å². The lowest BCUT2D eigenvalue weighted by Crippen LogP contribution is -2.16. The molecule has 1 nitrogen and oxygen atoms in total. The van der Waals surface area contributed by atoms with Crippen LogP contribution in [0.5, 0.6) is 0 Å². The Bertz CT molecular complexity index is 165. The second-order valence-electron chi connectivity index (χ2n) is 3.28. The quantitative estimate of drug-likeness (QED) is 0.366. The highest BCUT2D eigenvalue weighted by Gasteiger charge is 2.24. The van der Waals surface area contributed by atoms with E-state index in [2.05, 4.69) is 13.0 Å². The molecular weight excluding hydrogens is 221 g/mol. The molecule has 0 aromatic rings. The summed E-state index contributed by atoms with van der Waals surface area (Å²) >= 11 is 12.2. The monoisotopic (exact) mass is 237 g/mol. The van der Waals surface area contributed by atoms with Gasteiger partial charge in [0, 0.05) is 6.42 Å². The van der Waals surface area contributed by atoms with Crippen molar-refractivity contribution in [2.45, 2.75) is 51.1 Å². The van der Waals surface area contributed by atoms with Crippen molar-refractivity contribution in [3.8, 4) is 6.07 Å². The maximum absolute atomic E-state index is 8.30. The number of halogens is 2. The average molecular weight is 238 g/mol. The van der Waals surface area contributed by atoms with Crippen LogP contribution in [0.15, 0.2) is 0 Å². The van der Waals surface area contributed by atoms with Gasteiger partial charge in [-0.15, -0.1) is 22.2 Å². The van der Waals surface area contributed by atoms with Gasteiger partial charge in [0.05, 0.1) is 6.07 Å². The highest BCUT2D eigenvalue weighted by atomic mass is 35.7. The highest BCUT2D eigenvalue weighted by Crippen LogP contribution is 2.27. The lowest BCUT2D eigenvalue weighted by atomic mass is 10.2. The Balaban J connectivity index is 3.22. The van der Waals surface area contributed by atoms with Crippen molar-refractivity contribution >= 4 is 28.9 Å². The Hall–Kier alpha value is 0.287. The summed E-state index contributed by atoms with van der Waals surface area (Å²) in [4.78, 5) is 0. The third-order valence-electron chi connectivity index (χ3n) is 2.10. The van der Waals surface area contributed by atoms with E-state index in [1.807, 2.05) is 0 Å². The first-order valence-corrected chi connectivity index (χ1v) is 9.31. The number of unbranched alkanes of at least 4 members (excludes halogenated alkanes) is 4. The molecule has 0 amide bonds. The second-order valence-corrected chi connectivity index (χ2v) is 11.1. The fourth-order valence-corrected chi connectivity index (χ4v) is 3.04. The van der Waals surface area contributed by atoms with Gasteiger partial charge in [0.15, 0.2) is 0 Å². The van der Waals surface area contributed by atoms with E-state index in [4.69, 9.17) is 27.4 Å². The van der Waals surface area contributed by atoms with Gasteiger partial charge < -0.3 is 0 Å². The third kappa shape index (κ3) is 8.61. The normalized spacial score (nSPS) is 11.2. The third-order valence-corrected chi connectivity index (χ3v) is 6.96. The molecule has 0 saturated heterocycles. The molecule has 76 valence electrons.